The van der Waals surface area contributed by atoms with Crippen LogP contribution in [0.2, 0.25) is 0 Å². The van der Waals surface area contributed by atoms with Crippen molar-refractivity contribution in [2.75, 3.05) is 0 Å². The van der Waals surface area contributed by atoms with Crippen LogP contribution >= 0.6 is 11.3 Å². The van der Waals surface area contributed by atoms with Crippen molar-refractivity contribution in [1.82, 2.24) is 0 Å². The number of hydrogen-bond donors (Lipinski definition) is 0. The van der Waals surface area contributed by atoms with E-state index in [9.17, 15) is 5.26 Å². The minimum atomic E-state index is 0.693. The lowest BCUT2D eigenvalue weighted by Crippen LogP contribution is -1.99. The molecule has 1 aliphatic rings. The van der Waals surface area contributed by atoms with Gasteiger partial charge in [-0.25, -0.2) is 4.99 Å². The topological polar surface area (TPSA) is 49.3 Å². The summed E-state index contributed by atoms with van der Waals surface area (Å²) in [4.78, 5) is 5.92. The summed E-state index contributed by atoms with van der Waals surface area (Å²) in [5.74, 6) is 1.52. The minimum Gasteiger partial charge on any atom is -0.455 e. The smallest absolute Gasteiger partial charge is 0.145 e. The molecular weight excluding hydrogens is 364 g/mol. The number of rotatable bonds is 3. The largest absolute Gasteiger partial charge is 0.455 e. The molecule has 0 spiro atoms. The third kappa shape index (κ3) is 2.94. The van der Waals surface area contributed by atoms with Gasteiger partial charge in [0, 0.05) is 10.4 Å². The van der Waals surface area contributed by atoms with Gasteiger partial charge in [-0.05, 0) is 54.2 Å². The number of hydrogen-bond acceptors (Lipinski definition) is 4. The predicted octanol–water partition coefficient (Wildman–Crippen LogP) is 6.66. The summed E-state index contributed by atoms with van der Waals surface area (Å²) in [5, 5.41) is 12.7. The number of thiophene rings is 1. The molecule has 2 heterocycles. The molecule has 0 bridgehead atoms. The zero-order valence-corrected chi connectivity index (χ0v) is 16.1. The lowest BCUT2D eigenvalue weighted by Gasteiger charge is -2.09. The zero-order chi connectivity index (χ0) is 18.9. The van der Waals surface area contributed by atoms with Gasteiger partial charge >= 0.3 is 0 Å². The quantitative estimate of drug-likeness (QED) is 0.372. The molecule has 4 heteroatoms. The summed E-state index contributed by atoms with van der Waals surface area (Å²) in [5.41, 5.74) is 3.03. The number of aliphatic imine (C=N–C) groups is 1. The Morgan fingerprint density at radius 3 is 2.79 bits per heavy atom. The Labute approximate surface area is 167 Å². The summed E-state index contributed by atoms with van der Waals surface area (Å²) in [6, 6.07) is 20.8. The van der Waals surface area contributed by atoms with Crippen LogP contribution in [0, 0.1) is 11.3 Å². The van der Waals surface area contributed by atoms with Gasteiger partial charge in [-0.1, -0.05) is 42.5 Å². The normalized spacial score (nSPS) is 13.7. The first kappa shape index (κ1) is 17.0. The van der Waals surface area contributed by atoms with E-state index in [2.05, 4.69) is 35.3 Å². The molecule has 5 rings (SSSR count). The Morgan fingerprint density at radius 2 is 1.86 bits per heavy atom. The van der Waals surface area contributed by atoms with Crippen LogP contribution in [0.15, 0.2) is 64.0 Å². The van der Waals surface area contributed by atoms with Crippen LogP contribution in [0.25, 0.3) is 22.1 Å². The van der Waals surface area contributed by atoms with E-state index in [1.54, 1.807) is 17.6 Å². The van der Waals surface area contributed by atoms with Crippen LogP contribution in [0.3, 0.4) is 0 Å². The first-order valence-corrected chi connectivity index (χ1v) is 10.3. The van der Waals surface area contributed by atoms with Crippen molar-refractivity contribution in [1.29, 1.82) is 5.26 Å². The Morgan fingerprint density at radius 1 is 1.00 bits per heavy atom. The van der Waals surface area contributed by atoms with Crippen molar-refractivity contribution in [2.45, 2.75) is 25.7 Å². The van der Waals surface area contributed by atoms with Crippen molar-refractivity contribution in [3.05, 3.63) is 76.4 Å². The Bertz CT molecular complexity index is 1230. The lowest BCUT2D eigenvalue weighted by atomic mass is 9.96. The van der Waals surface area contributed by atoms with Gasteiger partial charge in [0.25, 0.3) is 0 Å². The molecule has 0 saturated heterocycles. The molecule has 1 aliphatic carbocycles. The summed E-state index contributed by atoms with van der Waals surface area (Å²) in [6.45, 7) is 0. The van der Waals surface area contributed by atoms with Crippen LogP contribution < -0.4 is 0 Å². The SMILES string of the molecule is N#Cc1c(N=Cc2ccc(-c3cccc4ccccc34)o2)sc2c1CCCC2. The molecular formula is C24H18N2OS. The van der Waals surface area contributed by atoms with Crippen molar-refractivity contribution >= 4 is 33.3 Å². The molecule has 0 N–H and O–H groups in total. The number of aryl methyl sites for hydroxylation is 1. The van der Waals surface area contributed by atoms with Gasteiger partial charge in [0.15, 0.2) is 0 Å². The van der Waals surface area contributed by atoms with Crippen molar-refractivity contribution < 1.29 is 4.42 Å². The maximum absolute atomic E-state index is 9.57. The molecule has 136 valence electrons. The van der Waals surface area contributed by atoms with E-state index < -0.39 is 0 Å². The summed E-state index contributed by atoms with van der Waals surface area (Å²) in [6.07, 6.45) is 6.15. The van der Waals surface area contributed by atoms with Crippen molar-refractivity contribution in [3.63, 3.8) is 0 Å². The first-order valence-electron chi connectivity index (χ1n) is 9.50. The summed E-state index contributed by atoms with van der Waals surface area (Å²) >= 11 is 1.65. The molecule has 3 nitrogen and oxygen atoms in total. The molecule has 4 aromatic rings. The molecule has 0 saturated carbocycles. The average Bonchev–Trinajstić information content (AvgIpc) is 3.36. The van der Waals surface area contributed by atoms with E-state index in [4.69, 9.17) is 4.42 Å². The van der Waals surface area contributed by atoms with Crippen LogP contribution in [0.4, 0.5) is 5.00 Å². The summed E-state index contributed by atoms with van der Waals surface area (Å²) < 4.78 is 6.05. The third-order valence-electron chi connectivity index (χ3n) is 5.26. The molecule has 0 unspecified atom stereocenters. The van der Waals surface area contributed by atoms with Crippen molar-refractivity contribution in [3.8, 4) is 17.4 Å². The van der Waals surface area contributed by atoms with Crippen LogP contribution in [0.1, 0.15) is 34.6 Å². The summed E-state index contributed by atoms with van der Waals surface area (Å²) in [7, 11) is 0. The molecule has 0 amide bonds. The van der Waals surface area contributed by atoms with Crippen LogP contribution in [-0.2, 0) is 12.8 Å². The fourth-order valence-corrected chi connectivity index (χ4v) is 5.07. The fourth-order valence-electron chi connectivity index (χ4n) is 3.89. The van der Waals surface area contributed by atoms with Gasteiger partial charge in [-0.3, -0.25) is 0 Å². The van der Waals surface area contributed by atoms with E-state index in [0.29, 0.717) is 5.76 Å². The fraction of sp³-hybridized carbons (Fsp3) is 0.167. The molecule has 28 heavy (non-hydrogen) atoms. The monoisotopic (exact) mass is 382 g/mol. The van der Waals surface area contributed by atoms with E-state index in [0.717, 1.165) is 41.2 Å². The predicted molar refractivity (Wildman–Crippen MR) is 115 cm³/mol. The highest BCUT2D eigenvalue weighted by Crippen LogP contribution is 2.39. The average molecular weight is 382 g/mol. The van der Waals surface area contributed by atoms with Crippen LogP contribution in [-0.4, -0.2) is 6.21 Å². The maximum Gasteiger partial charge on any atom is 0.145 e. The van der Waals surface area contributed by atoms with Gasteiger partial charge in [0.05, 0.1) is 11.8 Å². The molecule has 0 radical (unpaired) electrons. The number of nitriles is 1. The van der Waals surface area contributed by atoms with Gasteiger partial charge in [0.2, 0.25) is 0 Å². The highest BCUT2D eigenvalue weighted by atomic mass is 32.1. The number of fused-ring (bicyclic) bond motifs is 2. The number of benzene rings is 2. The second-order valence-corrected chi connectivity index (χ2v) is 8.07. The second kappa shape index (κ2) is 7.10. The molecule has 0 aliphatic heterocycles. The van der Waals surface area contributed by atoms with E-state index in [-0.39, 0.29) is 0 Å². The Hall–Kier alpha value is -3.16. The highest BCUT2D eigenvalue weighted by molar-refractivity contribution is 7.16. The Kier molecular flexibility index (Phi) is 4.31. The first-order chi connectivity index (χ1) is 13.8. The van der Waals surface area contributed by atoms with Crippen molar-refractivity contribution in [2.24, 2.45) is 4.99 Å². The van der Waals surface area contributed by atoms with E-state index in [1.807, 2.05) is 30.3 Å². The maximum atomic E-state index is 9.57. The minimum absolute atomic E-state index is 0.693. The van der Waals surface area contributed by atoms with E-state index in [1.165, 1.54) is 27.6 Å². The van der Waals surface area contributed by atoms with Gasteiger partial charge in [0.1, 0.15) is 22.6 Å². The van der Waals surface area contributed by atoms with Gasteiger partial charge in [-0.15, -0.1) is 11.3 Å². The number of nitrogens with zero attached hydrogens (tertiary/aromatic N) is 2. The zero-order valence-electron chi connectivity index (χ0n) is 15.3. The van der Waals surface area contributed by atoms with Gasteiger partial charge in [-0.2, -0.15) is 5.26 Å². The number of furan rings is 1. The van der Waals surface area contributed by atoms with Gasteiger partial charge < -0.3 is 4.42 Å². The van der Waals surface area contributed by atoms with Crippen LogP contribution in [0.5, 0.6) is 0 Å². The molecule has 2 aromatic heterocycles. The highest BCUT2D eigenvalue weighted by Gasteiger charge is 2.20. The molecule has 0 atom stereocenters. The lowest BCUT2D eigenvalue weighted by molar-refractivity contribution is 0.576. The van der Waals surface area contributed by atoms with E-state index >= 15 is 0 Å². The molecule has 2 aromatic carbocycles. The second-order valence-electron chi connectivity index (χ2n) is 6.99. The molecule has 0 fully saturated rings. The Balaban J connectivity index is 1.48. The third-order valence-corrected chi connectivity index (χ3v) is 6.46. The standard InChI is InChI=1S/C24H18N2OS/c25-14-21-20-9-3-4-11-23(20)28-24(21)26-15-17-12-13-22(27-17)19-10-5-7-16-6-1-2-8-18(16)19/h1-2,5-8,10,12-13,15H,3-4,9,11H2.